The lowest BCUT2D eigenvalue weighted by Crippen LogP contribution is -2.56. The zero-order chi connectivity index (χ0) is 31.4. The van der Waals surface area contributed by atoms with Gasteiger partial charge in [0.15, 0.2) is 0 Å². The van der Waals surface area contributed by atoms with Crippen molar-refractivity contribution in [3.05, 3.63) is 59.7 Å². The molecule has 44 heavy (non-hydrogen) atoms. The van der Waals surface area contributed by atoms with Crippen LogP contribution < -0.4 is 15.5 Å². The molecule has 4 atom stereocenters. The molecule has 0 bridgehead atoms. The standard InChI is InChI=1S/C33H40N4O7/c1-20-18-23(15-16-26(20)35-22(3)38)30(40)34-21(2)31(41)36-17-9-14-27(36)32(42)37(24-10-5-4-6-11-24)28-19-29(39)44-33(28)43-25-12-7-8-13-25/h4-6,10-11,15-16,18,21,25,27-28,33H,7-9,12-14,17,19H2,1-3H3,(H,34,40)(H,35,38). The molecule has 2 saturated heterocycles. The Kier molecular flexibility index (Phi) is 9.63. The van der Waals surface area contributed by atoms with Gasteiger partial charge in [-0.15, -0.1) is 0 Å². The predicted molar refractivity (Wildman–Crippen MR) is 163 cm³/mol. The summed E-state index contributed by atoms with van der Waals surface area (Å²) in [5.74, 6) is -1.76. The van der Waals surface area contributed by atoms with Crippen LogP contribution in [0.25, 0.3) is 0 Å². The molecule has 5 rings (SSSR count). The minimum Gasteiger partial charge on any atom is -0.433 e. The van der Waals surface area contributed by atoms with Crippen LogP contribution in [0.1, 0.15) is 74.7 Å². The number of nitrogens with one attached hydrogen (secondary N) is 2. The lowest BCUT2D eigenvalue weighted by molar-refractivity contribution is -0.174. The van der Waals surface area contributed by atoms with Crippen molar-refractivity contribution in [2.75, 3.05) is 16.8 Å². The van der Waals surface area contributed by atoms with Crippen molar-refractivity contribution < 1.29 is 33.4 Å². The van der Waals surface area contributed by atoms with Crippen LogP contribution in [0.5, 0.6) is 0 Å². The maximum atomic E-state index is 14.3. The number of rotatable bonds is 9. The van der Waals surface area contributed by atoms with Crippen LogP contribution in [-0.4, -0.2) is 71.6 Å². The third kappa shape index (κ3) is 6.93. The highest BCUT2D eigenvalue weighted by atomic mass is 16.7. The summed E-state index contributed by atoms with van der Waals surface area (Å²) in [4.78, 5) is 68.1. The summed E-state index contributed by atoms with van der Waals surface area (Å²) in [5, 5.41) is 5.47. The van der Waals surface area contributed by atoms with Gasteiger partial charge in [0.25, 0.3) is 5.91 Å². The van der Waals surface area contributed by atoms with Gasteiger partial charge in [-0.1, -0.05) is 31.0 Å². The zero-order valence-electron chi connectivity index (χ0n) is 25.4. The van der Waals surface area contributed by atoms with Crippen LogP contribution in [0.4, 0.5) is 11.4 Å². The topological polar surface area (TPSA) is 134 Å². The van der Waals surface area contributed by atoms with E-state index in [2.05, 4.69) is 10.6 Å². The maximum absolute atomic E-state index is 14.3. The molecule has 3 aliphatic rings. The second-order valence-corrected chi connectivity index (χ2v) is 11.8. The number of hydrogen-bond donors (Lipinski definition) is 2. The Morgan fingerprint density at radius 2 is 1.75 bits per heavy atom. The molecule has 11 heteroatoms. The number of benzene rings is 2. The number of cyclic esters (lactones) is 1. The van der Waals surface area contributed by atoms with E-state index in [0.29, 0.717) is 41.9 Å². The van der Waals surface area contributed by atoms with Crippen LogP contribution in [-0.2, 0) is 28.7 Å². The molecule has 0 aromatic heterocycles. The average Bonchev–Trinajstić information content (AvgIpc) is 3.76. The van der Waals surface area contributed by atoms with Crippen LogP contribution >= 0.6 is 0 Å². The summed E-state index contributed by atoms with van der Waals surface area (Å²) in [6, 6.07) is 11.6. The molecule has 2 aliphatic heterocycles. The number of likely N-dealkylation sites (tertiary alicyclic amines) is 1. The van der Waals surface area contributed by atoms with Gasteiger partial charge in [0.1, 0.15) is 18.1 Å². The molecule has 1 aliphatic carbocycles. The molecule has 3 fully saturated rings. The SMILES string of the molecule is CC(=O)Nc1ccc(C(=O)NC(C)C(=O)N2CCCC2C(=O)N(c2ccccc2)C2CC(=O)OC2OC2CCCC2)cc1C. The first-order valence-corrected chi connectivity index (χ1v) is 15.3. The predicted octanol–water partition coefficient (Wildman–Crippen LogP) is 3.70. The van der Waals surface area contributed by atoms with E-state index in [-0.39, 0.29) is 30.2 Å². The summed E-state index contributed by atoms with van der Waals surface area (Å²) in [7, 11) is 0. The van der Waals surface area contributed by atoms with Crippen molar-refractivity contribution in [3.8, 4) is 0 Å². The minimum atomic E-state index is -0.897. The number of hydrogen-bond acceptors (Lipinski definition) is 7. The number of anilines is 2. The number of amides is 4. The van der Waals surface area contributed by atoms with Crippen molar-refractivity contribution in [1.82, 2.24) is 10.2 Å². The average molecular weight is 605 g/mol. The van der Waals surface area contributed by atoms with Crippen LogP contribution in [0.3, 0.4) is 0 Å². The highest BCUT2D eigenvalue weighted by molar-refractivity contribution is 6.03. The van der Waals surface area contributed by atoms with E-state index in [4.69, 9.17) is 9.47 Å². The molecule has 0 spiro atoms. The van der Waals surface area contributed by atoms with Gasteiger partial charge in [-0.2, -0.15) is 0 Å². The van der Waals surface area contributed by atoms with Crippen molar-refractivity contribution in [1.29, 1.82) is 0 Å². The monoisotopic (exact) mass is 604 g/mol. The highest BCUT2D eigenvalue weighted by Gasteiger charge is 2.47. The van der Waals surface area contributed by atoms with Crippen molar-refractivity contribution >= 4 is 41.0 Å². The number of nitrogens with zero attached hydrogens (tertiary/aromatic N) is 2. The van der Waals surface area contributed by atoms with E-state index in [9.17, 15) is 24.0 Å². The molecule has 2 N–H and O–H groups in total. The Morgan fingerprint density at radius 3 is 2.43 bits per heavy atom. The Labute approximate surface area is 257 Å². The Balaban J connectivity index is 1.32. The molecule has 2 heterocycles. The van der Waals surface area contributed by atoms with E-state index < -0.39 is 36.3 Å². The second-order valence-electron chi connectivity index (χ2n) is 11.8. The first-order valence-electron chi connectivity index (χ1n) is 15.3. The first kappa shape index (κ1) is 31.2. The largest absolute Gasteiger partial charge is 0.433 e. The van der Waals surface area contributed by atoms with E-state index >= 15 is 0 Å². The van der Waals surface area contributed by atoms with Gasteiger partial charge in [0.2, 0.25) is 24.0 Å². The minimum absolute atomic E-state index is 0.00864. The summed E-state index contributed by atoms with van der Waals surface area (Å²) in [6.07, 6.45) is 4.01. The van der Waals surface area contributed by atoms with Gasteiger partial charge in [-0.25, -0.2) is 0 Å². The lowest BCUT2D eigenvalue weighted by atomic mass is 10.1. The molecule has 11 nitrogen and oxygen atoms in total. The van der Waals surface area contributed by atoms with Gasteiger partial charge in [0.05, 0.1) is 12.5 Å². The number of carbonyl (C=O) groups excluding carboxylic acids is 5. The van der Waals surface area contributed by atoms with Crippen molar-refractivity contribution in [2.24, 2.45) is 0 Å². The fourth-order valence-electron chi connectivity index (χ4n) is 6.31. The Morgan fingerprint density at radius 1 is 1.02 bits per heavy atom. The molecule has 4 unspecified atom stereocenters. The molecule has 2 aromatic rings. The fourth-order valence-corrected chi connectivity index (χ4v) is 6.31. The first-order chi connectivity index (χ1) is 21.1. The molecular weight excluding hydrogens is 564 g/mol. The molecule has 4 amide bonds. The third-order valence-corrected chi connectivity index (χ3v) is 8.51. The summed E-state index contributed by atoms with van der Waals surface area (Å²) >= 11 is 0. The molecule has 2 aromatic carbocycles. The zero-order valence-corrected chi connectivity index (χ0v) is 25.4. The van der Waals surface area contributed by atoms with E-state index in [1.54, 1.807) is 49.1 Å². The maximum Gasteiger partial charge on any atom is 0.310 e. The van der Waals surface area contributed by atoms with Gasteiger partial charge in [0, 0.05) is 30.4 Å². The lowest BCUT2D eigenvalue weighted by Gasteiger charge is -2.36. The number of ether oxygens (including phenoxy) is 2. The Bertz CT molecular complexity index is 1410. The molecule has 234 valence electrons. The number of esters is 1. The van der Waals surface area contributed by atoms with E-state index in [1.165, 1.54) is 11.8 Å². The summed E-state index contributed by atoms with van der Waals surface area (Å²) in [6.45, 7) is 5.15. The van der Waals surface area contributed by atoms with Crippen LogP contribution in [0.15, 0.2) is 48.5 Å². The number of aryl methyl sites for hydroxylation is 1. The van der Waals surface area contributed by atoms with Crippen molar-refractivity contribution in [3.63, 3.8) is 0 Å². The molecule has 1 saturated carbocycles. The van der Waals surface area contributed by atoms with Crippen LogP contribution in [0.2, 0.25) is 0 Å². The summed E-state index contributed by atoms with van der Waals surface area (Å²) in [5.41, 5.74) is 2.26. The van der Waals surface area contributed by atoms with Gasteiger partial charge >= 0.3 is 5.97 Å². The quantitative estimate of drug-likeness (QED) is 0.417. The highest BCUT2D eigenvalue weighted by Crippen LogP contribution is 2.33. The van der Waals surface area contributed by atoms with E-state index in [0.717, 1.165) is 25.7 Å². The second kappa shape index (κ2) is 13.6. The van der Waals surface area contributed by atoms with E-state index in [1.807, 2.05) is 18.2 Å². The smallest absolute Gasteiger partial charge is 0.310 e. The molecular formula is C33H40N4O7. The number of carbonyl (C=O) groups is 5. The third-order valence-electron chi connectivity index (χ3n) is 8.51. The normalized spacial score (nSPS) is 22.4. The Hall–Kier alpha value is -4.25. The summed E-state index contributed by atoms with van der Waals surface area (Å²) < 4.78 is 11.8. The van der Waals surface area contributed by atoms with Crippen LogP contribution in [0, 0.1) is 6.92 Å². The van der Waals surface area contributed by atoms with Gasteiger partial charge < -0.3 is 29.9 Å². The van der Waals surface area contributed by atoms with Gasteiger partial charge in [-0.3, -0.25) is 24.0 Å². The van der Waals surface area contributed by atoms with Crippen molar-refractivity contribution in [2.45, 2.75) is 96.2 Å². The fraction of sp³-hybridized carbons (Fsp3) is 0.485. The molecule has 0 radical (unpaired) electrons. The van der Waals surface area contributed by atoms with Gasteiger partial charge in [-0.05, 0) is 75.4 Å². The number of para-hydroxylation sites is 1.